The minimum absolute atomic E-state index is 0.102. The average Bonchev–Trinajstić information content (AvgIpc) is 2.87. The molecule has 1 saturated heterocycles. The van der Waals surface area contributed by atoms with Crippen molar-refractivity contribution in [3.63, 3.8) is 0 Å². The minimum Gasteiger partial charge on any atom is -0.378 e. The van der Waals surface area contributed by atoms with Crippen LogP contribution in [0.4, 0.5) is 0 Å². The molecular formula is C14H18BrNO2. The van der Waals surface area contributed by atoms with E-state index in [9.17, 15) is 4.79 Å². The van der Waals surface area contributed by atoms with Crippen LogP contribution in [-0.4, -0.2) is 18.6 Å². The van der Waals surface area contributed by atoms with E-state index in [0.717, 1.165) is 35.9 Å². The van der Waals surface area contributed by atoms with Crippen molar-refractivity contribution in [3.8, 4) is 0 Å². The van der Waals surface area contributed by atoms with Gasteiger partial charge in [-0.2, -0.15) is 0 Å². The first-order chi connectivity index (χ1) is 8.74. The molecule has 1 aromatic rings. The quantitative estimate of drug-likeness (QED) is 0.907. The van der Waals surface area contributed by atoms with Crippen LogP contribution in [-0.2, 0) is 16.1 Å². The monoisotopic (exact) mass is 311 g/mol. The summed E-state index contributed by atoms with van der Waals surface area (Å²) in [4.78, 5) is 11.7. The van der Waals surface area contributed by atoms with Crippen molar-refractivity contribution in [3.05, 3.63) is 34.3 Å². The van der Waals surface area contributed by atoms with Crippen LogP contribution in [0.3, 0.4) is 0 Å². The number of rotatable bonds is 5. The lowest BCUT2D eigenvalue weighted by molar-refractivity contribution is -0.121. The Morgan fingerprint density at radius 2 is 2.39 bits per heavy atom. The first kappa shape index (κ1) is 13.6. The van der Waals surface area contributed by atoms with Crippen LogP contribution < -0.4 is 5.32 Å². The Bertz CT molecular complexity index is 403. The van der Waals surface area contributed by atoms with Gasteiger partial charge in [-0.1, -0.05) is 28.1 Å². The number of ether oxygens (including phenoxy) is 1. The van der Waals surface area contributed by atoms with Crippen LogP contribution in [0.2, 0.25) is 0 Å². The molecule has 2 rings (SSSR count). The van der Waals surface area contributed by atoms with Gasteiger partial charge >= 0.3 is 0 Å². The Kier molecular flexibility index (Phi) is 5.20. The summed E-state index contributed by atoms with van der Waals surface area (Å²) in [6, 6.07) is 7.96. The van der Waals surface area contributed by atoms with Gasteiger partial charge in [-0.3, -0.25) is 4.79 Å². The van der Waals surface area contributed by atoms with Crippen LogP contribution in [0, 0.1) is 0 Å². The fourth-order valence-electron chi connectivity index (χ4n) is 2.10. The van der Waals surface area contributed by atoms with Crippen molar-refractivity contribution in [2.24, 2.45) is 0 Å². The molecule has 1 atom stereocenters. The Morgan fingerprint density at radius 3 is 3.11 bits per heavy atom. The smallest absolute Gasteiger partial charge is 0.220 e. The molecule has 0 bridgehead atoms. The second-order valence-corrected chi connectivity index (χ2v) is 5.50. The van der Waals surface area contributed by atoms with Crippen molar-refractivity contribution in [2.45, 2.75) is 38.3 Å². The van der Waals surface area contributed by atoms with Crippen LogP contribution in [0.5, 0.6) is 0 Å². The van der Waals surface area contributed by atoms with Crippen molar-refractivity contribution in [1.82, 2.24) is 5.32 Å². The highest BCUT2D eigenvalue weighted by atomic mass is 79.9. The molecule has 4 heteroatoms. The van der Waals surface area contributed by atoms with Gasteiger partial charge in [0.1, 0.15) is 0 Å². The topological polar surface area (TPSA) is 38.3 Å². The van der Waals surface area contributed by atoms with E-state index >= 15 is 0 Å². The number of carbonyl (C=O) groups is 1. The normalized spacial score (nSPS) is 18.8. The van der Waals surface area contributed by atoms with E-state index in [4.69, 9.17) is 4.74 Å². The van der Waals surface area contributed by atoms with E-state index in [1.807, 2.05) is 24.3 Å². The summed E-state index contributed by atoms with van der Waals surface area (Å²) in [5, 5.41) is 2.93. The van der Waals surface area contributed by atoms with Gasteiger partial charge in [0.15, 0.2) is 0 Å². The van der Waals surface area contributed by atoms with Gasteiger partial charge in [0.25, 0.3) is 0 Å². The zero-order valence-electron chi connectivity index (χ0n) is 10.3. The second-order valence-electron chi connectivity index (χ2n) is 4.58. The maximum Gasteiger partial charge on any atom is 0.220 e. The molecule has 1 fully saturated rings. The summed E-state index contributed by atoms with van der Waals surface area (Å²) in [6.07, 6.45) is 3.91. The number of benzene rings is 1. The third-order valence-electron chi connectivity index (χ3n) is 3.10. The van der Waals surface area contributed by atoms with E-state index in [2.05, 4.69) is 21.2 Å². The zero-order chi connectivity index (χ0) is 12.8. The van der Waals surface area contributed by atoms with Gasteiger partial charge in [0.05, 0.1) is 6.10 Å². The Labute approximate surface area is 116 Å². The van der Waals surface area contributed by atoms with Gasteiger partial charge in [-0.25, -0.2) is 0 Å². The fraction of sp³-hybridized carbons (Fsp3) is 0.500. The highest BCUT2D eigenvalue weighted by molar-refractivity contribution is 9.10. The van der Waals surface area contributed by atoms with Crippen molar-refractivity contribution >= 4 is 21.8 Å². The molecule has 1 unspecified atom stereocenters. The van der Waals surface area contributed by atoms with Gasteiger partial charge in [0, 0.05) is 24.0 Å². The third kappa shape index (κ3) is 4.42. The van der Waals surface area contributed by atoms with Crippen LogP contribution in [0.15, 0.2) is 28.7 Å². The van der Waals surface area contributed by atoms with Crippen molar-refractivity contribution in [2.75, 3.05) is 6.61 Å². The molecular weight excluding hydrogens is 294 g/mol. The highest BCUT2D eigenvalue weighted by Gasteiger charge is 2.16. The van der Waals surface area contributed by atoms with E-state index in [1.165, 1.54) is 0 Å². The van der Waals surface area contributed by atoms with Gasteiger partial charge in [-0.05, 0) is 37.0 Å². The summed E-state index contributed by atoms with van der Waals surface area (Å²) >= 11 is 3.42. The molecule has 0 aliphatic carbocycles. The summed E-state index contributed by atoms with van der Waals surface area (Å²) in [5.41, 5.74) is 1.11. The van der Waals surface area contributed by atoms with Gasteiger partial charge < -0.3 is 10.1 Å². The first-order valence-electron chi connectivity index (χ1n) is 6.37. The largest absolute Gasteiger partial charge is 0.378 e. The van der Waals surface area contributed by atoms with Crippen molar-refractivity contribution in [1.29, 1.82) is 0 Å². The molecule has 1 amide bonds. The van der Waals surface area contributed by atoms with Crippen LogP contribution in [0.25, 0.3) is 0 Å². The maximum absolute atomic E-state index is 11.7. The molecule has 3 nitrogen and oxygen atoms in total. The highest BCUT2D eigenvalue weighted by Crippen LogP contribution is 2.16. The number of hydrogen-bond acceptors (Lipinski definition) is 2. The lowest BCUT2D eigenvalue weighted by Crippen LogP contribution is -2.23. The van der Waals surface area contributed by atoms with Crippen LogP contribution in [0.1, 0.15) is 31.2 Å². The molecule has 0 radical (unpaired) electrons. The maximum atomic E-state index is 11.7. The number of nitrogens with one attached hydrogen (secondary N) is 1. The van der Waals surface area contributed by atoms with E-state index in [1.54, 1.807) is 0 Å². The van der Waals surface area contributed by atoms with E-state index < -0.39 is 0 Å². The number of hydrogen-bond donors (Lipinski definition) is 1. The number of amides is 1. The summed E-state index contributed by atoms with van der Waals surface area (Å²) < 4.78 is 6.53. The summed E-state index contributed by atoms with van der Waals surface area (Å²) in [7, 11) is 0. The Morgan fingerprint density at radius 1 is 1.50 bits per heavy atom. The number of carbonyl (C=O) groups excluding carboxylic acids is 1. The average molecular weight is 312 g/mol. The predicted octanol–water partition coefficient (Wildman–Crippen LogP) is 3.02. The van der Waals surface area contributed by atoms with Crippen LogP contribution >= 0.6 is 15.9 Å². The lowest BCUT2D eigenvalue weighted by Gasteiger charge is -2.09. The molecule has 1 aliphatic rings. The predicted molar refractivity (Wildman–Crippen MR) is 74.2 cm³/mol. The molecule has 18 heavy (non-hydrogen) atoms. The molecule has 1 aromatic carbocycles. The molecule has 1 N–H and O–H groups in total. The SMILES string of the molecule is O=C(CCC1CCCO1)NCc1cccc(Br)c1. The van der Waals surface area contributed by atoms with E-state index in [0.29, 0.717) is 19.1 Å². The number of halogens is 1. The molecule has 98 valence electrons. The minimum atomic E-state index is 0.102. The Balaban J connectivity index is 1.68. The summed E-state index contributed by atoms with van der Waals surface area (Å²) in [5.74, 6) is 0.102. The molecule has 0 saturated carbocycles. The fourth-order valence-corrected chi connectivity index (χ4v) is 2.55. The van der Waals surface area contributed by atoms with Gasteiger partial charge in [-0.15, -0.1) is 0 Å². The molecule has 0 spiro atoms. The Hall–Kier alpha value is -0.870. The molecule has 1 heterocycles. The van der Waals surface area contributed by atoms with Gasteiger partial charge in [0.2, 0.25) is 5.91 Å². The van der Waals surface area contributed by atoms with E-state index in [-0.39, 0.29) is 5.91 Å². The standard InChI is InChI=1S/C14H18BrNO2/c15-12-4-1-3-11(9-12)10-16-14(17)7-6-13-5-2-8-18-13/h1,3-4,9,13H,2,5-8,10H2,(H,16,17). The molecule has 1 aliphatic heterocycles. The zero-order valence-corrected chi connectivity index (χ0v) is 11.9. The second kappa shape index (κ2) is 6.90. The van der Waals surface area contributed by atoms with Crippen molar-refractivity contribution < 1.29 is 9.53 Å². The first-order valence-corrected chi connectivity index (χ1v) is 7.16. The third-order valence-corrected chi connectivity index (χ3v) is 3.59. The lowest BCUT2D eigenvalue weighted by atomic mass is 10.1. The summed E-state index contributed by atoms with van der Waals surface area (Å²) in [6.45, 7) is 1.44. The molecule has 0 aromatic heterocycles.